The molecule has 2 aromatic heterocycles. The Hall–Kier alpha value is -2.74. The molecule has 162 valence electrons. The third-order valence-electron chi connectivity index (χ3n) is 5.97. The molecule has 30 heavy (non-hydrogen) atoms. The monoisotopic (exact) mass is 412 g/mol. The molecular weight excluding hydrogens is 380 g/mol. The molecule has 0 saturated carbocycles. The van der Waals surface area contributed by atoms with Crippen molar-refractivity contribution in [2.24, 2.45) is 0 Å². The summed E-state index contributed by atoms with van der Waals surface area (Å²) in [6.07, 6.45) is 1.96. The van der Waals surface area contributed by atoms with Crippen molar-refractivity contribution >= 4 is 23.3 Å². The zero-order valence-electron chi connectivity index (χ0n) is 18.2. The van der Waals surface area contributed by atoms with Gasteiger partial charge in [-0.2, -0.15) is 0 Å². The van der Waals surface area contributed by atoms with Gasteiger partial charge in [-0.3, -0.25) is 4.79 Å². The minimum absolute atomic E-state index is 0.00438. The van der Waals surface area contributed by atoms with Gasteiger partial charge in [-0.15, -0.1) is 0 Å². The van der Waals surface area contributed by atoms with Gasteiger partial charge in [-0.1, -0.05) is 0 Å². The molecule has 0 unspecified atom stereocenters. The smallest absolute Gasteiger partial charge is 0.317 e. The fraction of sp³-hybridized carbons (Fsp3) is 0.545. The summed E-state index contributed by atoms with van der Waals surface area (Å²) in [7, 11) is 2.09. The number of aromatic nitrogens is 1. The highest BCUT2D eigenvalue weighted by molar-refractivity contribution is 5.94. The lowest BCUT2D eigenvalue weighted by Crippen LogP contribution is -2.53. The number of hydrogen-bond acceptors (Lipinski definition) is 4. The minimum Gasteiger partial charge on any atom is -0.354 e. The van der Waals surface area contributed by atoms with Crippen molar-refractivity contribution in [1.82, 2.24) is 24.4 Å². The van der Waals surface area contributed by atoms with Crippen molar-refractivity contribution in [3.8, 4) is 0 Å². The summed E-state index contributed by atoms with van der Waals surface area (Å²) in [5.41, 5.74) is 1.79. The number of hydrogen-bond donors (Lipinski definition) is 1. The molecule has 0 aliphatic carbocycles. The van der Waals surface area contributed by atoms with E-state index in [0.717, 1.165) is 56.2 Å². The second-order valence-electron chi connectivity index (χ2n) is 8.58. The molecule has 0 aromatic carbocycles. The normalized spacial score (nSPS) is 18.3. The lowest BCUT2D eigenvalue weighted by atomic mass is 10.2. The van der Waals surface area contributed by atoms with E-state index in [1.165, 1.54) is 0 Å². The zero-order valence-corrected chi connectivity index (χ0v) is 18.2. The van der Waals surface area contributed by atoms with E-state index in [2.05, 4.69) is 38.7 Å². The van der Waals surface area contributed by atoms with Crippen LogP contribution in [-0.2, 0) is 0 Å². The number of amides is 3. The van der Waals surface area contributed by atoms with Gasteiger partial charge in [-0.05, 0) is 45.2 Å². The number of pyridine rings is 1. The predicted molar refractivity (Wildman–Crippen MR) is 118 cm³/mol. The Morgan fingerprint density at radius 1 is 0.867 bits per heavy atom. The number of nitrogens with zero attached hydrogens (tertiary/aromatic N) is 5. The van der Waals surface area contributed by atoms with Crippen LogP contribution < -0.4 is 10.2 Å². The van der Waals surface area contributed by atoms with Gasteiger partial charge in [0.15, 0.2) is 0 Å². The molecule has 0 radical (unpaired) electrons. The van der Waals surface area contributed by atoms with Crippen molar-refractivity contribution in [3.05, 3.63) is 36.0 Å². The zero-order chi connectivity index (χ0) is 21.3. The van der Waals surface area contributed by atoms with Crippen LogP contribution in [0.3, 0.4) is 0 Å². The Balaban J connectivity index is 1.47. The summed E-state index contributed by atoms with van der Waals surface area (Å²) in [5.74, 6) is 1.17. The number of piperazine rings is 2. The van der Waals surface area contributed by atoms with Crippen LogP contribution in [0.1, 0.15) is 24.2 Å². The van der Waals surface area contributed by atoms with E-state index in [0.29, 0.717) is 13.1 Å². The van der Waals surface area contributed by atoms with Crippen molar-refractivity contribution in [1.29, 1.82) is 0 Å². The van der Waals surface area contributed by atoms with Crippen LogP contribution in [-0.4, -0.2) is 96.5 Å². The van der Waals surface area contributed by atoms with Crippen molar-refractivity contribution in [2.75, 3.05) is 64.3 Å². The molecule has 8 nitrogen and oxygen atoms in total. The maximum absolute atomic E-state index is 13.0. The Labute approximate surface area is 178 Å². The molecular formula is C22H32N6O2. The van der Waals surface area contributed by atoms with Gasteiger partial charge in [0.25, 0.3) is 5.91 Å². The number of urea groups is 1. The number of likely N-dealkylation sites (N-methyl/N-ethyl adjacent to an activating group) is 1. The Bertz CT molecular complexity index is 907. The minimum atomic E-state index is 0.00438. The number of nitrogens with one attached hydrogen (secondary N) is 1. The van der Waals surface area contributed by atoms with Gasteiger partial charge in [0.1, 0.15) is 5.82 Å². The van der Waals surface area contributed by atoms with E-state index < -0.39 is 0 Å². The average Bonchev–Trinajstić information content (AvgIpc) is 3.16. The first kappa shape index (κ1) is 20.5. The molecule has 3 amide bonds. The van der Waals surface area contributed by atoms with Crippen LogP contribution in [0, 0.1) is 0 Å². The third kappa shape index (κ3) is 4.23. The lowest BCUT2D eigenvalue weighted by molar-refractivity contribution is 0.0663. The van der Waals surface area contributed by atoms with E-state index >= 15 is 0 Å². The molecule has 4 heterocycles. The van der Waals surface area contributed by atoms with E-state index in [1.807, 2.05) is 42.0 Å². The molecule has 2 aliphatic rings. The van der Waals surface area contributed by atoms with Crippen molar-refractivity contribution < 1.29 is 9.59 Å². The van der Waals surface area contributed by atoms with Crippen LogP contribution in [0.2, 0.25) is 0 Å². The highest BCUT2D eigenvalue weighted by atomic mass is 16.2. The molecule has 2 saturated heterocycles. The topological polar surface area (TPSA) is 63.5 Å². The number of anilines is 1. The van der Waals surface area contributed by atoms with E-state index in [-0.39, 0.29) is 18.0 Å². The highest BCUT2D eigenvalue weighted by Crippen LogP contribution is 2.22. The first-order valence-electron chi connectivity index (χ1n) is 10.8. The molecule has 2 aromatic rings. The SMILES string of the molecule is CC(C)NC(=O)N1CCN(c2ccc3ccc(C(=O)N4CCN(C)CC4)cn23)CC1. The molecule has 2 fully saturated rings. The molecule has 0 spiro atoms. The van der Waals surface area contributed by atoms with Gasteiger partial charge in [0.05, 0.1) is 5.56 Å². The van der Waals surface area contributed by atoms with E-state index in [9.17, 15) is 9.59 Å². The first-order valence-corrected chi connectivity index (χ1v) is 10.8. The second-order valence-corrected chi connectivity index (χ2v) is 8.58. The number of carbonyl (C=O) groups is 2. The maximum atomic E-state index is 13.0. The largest absolute Gasteiger partial charge is 0.354 e. The fourth-order valence-electron chi connectivity index (χ4n) is 4.14. The number of fused-ring (bicyclic) bond motifs is 1. The van der Waals surface area contributed by atoms with Crippen LogP contribution in [0.15, 0.2) is 30.5 Å². The van der Waals surface area contributed by atoms with Gasteiger partial charge >= 0.3 is 6.03 Å². The summed E-state index contributed by atoms with van der Waals surface area (Å²) >= 11 is 0. The number of carbonyl (C=O) groups excluding carboxylic acids is 2. The Morgan fingerprint density at radius 2 is 1.50 bits per heavy atom. The van der Waals surface area contributed by atoms with Gasteiger partial charge in [-0.25, -0.2) is 4.79 Å². The van der Waals surface area contributed by atoms with Gasteiger partial charge in [0, 0.05) is 70.1 Å². The fourth-order valence-corrected chi connectivity index (χ4v) is 4.14. The standard InChI is InChI=1S/C22H32N6O2/c1-17(2)23-22(30)27-14-12-25(13-15-27)20-7-6-19-5-4-18(16-28(19)20)21(29)26-10-8-24(3)9-11-26/h4-7,16-17H,8-15H2,1-3H3,(H,23,30). The molecule has 4 rings (SSSR count). The van der Waals surface area contributed by atoms with Gasteiger partial charge in [0.2, 0.25) is 0 Å². The van der Waals surface area contributed by atoms with Crippen LogP contribution in [0.4, 0.5) is 10.6 Å². The van der Waals surface area contributed by atoms with Crippen LogP contribution >= 0.6 is 0 Å². The number of rotatable bonds is 3. The summed E-state index contributed by atoms with van der Waals surface area (Å²) in [6.45, 7) is 10.2. The van der Waals surface area contributed by atoms with Crippen molar-refractivity contribution in [2.45, 2.75) is 19.9 Å². The van der Waals surface area contributed by atoms with Crippen LogP contribution in [0.25, 0.3) is 5.52 Å². The second kappa shape index (κ2) is 8.55. The van der Waals surface area contributed by atoms with Crippen molar-refractivity contribution in [3.63, 3.8) is 0 Å². The predicted octanol–water partition coefficient (Wildman–Crippen LogP) is 1.57. The van der Waals surface area contributed by atoms with E-state index in [1.54, 1.807) is 0 Å². The molecule has 0 atom stereocenters. The Morgan fingerprint density at radius 3 is 2.17 bits per heavy atom. The summed E-state index contributed by atoms with van der Waals surface area (Å²) in [4.78, 5) is 33.6. The average molecular weight is 413 g/mol. The molecule has 2 aliphatic heterocycles. The quantitative estimate of drug-likeness (QED) is 0.831. The summed E-state index contributed by atoms with van der Waals surface area (Å²) < 4.78 is 2.10. The summed E-state index contributed by atoms with van der Waals surface area (Å²) in [5, 5.41) is 2.96. The maximum Gasteiger partial charge on any atom is 0.317 e. The van der Waals surface area contributed by atoms with Crippen LogP contribution in [0.5, 0.6) is 0 Å². The highest BCUT2D eigenvalue weighted by Gasteiger charge is 2.24. The molecule has 0 bridgehead atoms. The van der Waals surface area contributed by atoms with E-state index in [4.69, 9.17) is 0 Å². The molecule has 8 heteroatoms. The first-order chi connectivity index (χ1) is 14.4. The Kier molecular flexibility index (Phi) is 5.85. The summed E-state index contributed by atoms with van der Waals surface area (Å²) in [6, 6.07) is 8.26. The molecule has 1 N–H and O–H groups in total. The third-order valence-corrected chi connectivity index (χ3v) is 5.97. The lowest BCUT2D eigenvalue weighted by Gasteiger charge is -2.36. The van der Waals surface area contributed by atoms with Gasteiger partial charge < -0.3 is 29.3 Å².